The van der Waals surface area contributed by atoms with Crippen molar-refractivity contribution < 1.29 is 9.13 Å². The van der Waals surface area contributed by atoms with Crippen molar-refractivity contribution in [2.24, 2.45) is 0 Å². The Balaban J connectivity index is 1.83. The maximum absolute atomic E-state index is 13.0. The molecule has 0 amide bonds. The molecule has 0 fully saturated rings. The highest BCUT2D eigenvalue weighted by atomic mass is 35.5. The second kappa shape index (κ2) is 8.93. The van der Waals surface area contributed by atoms with E-state index in [4.69, 9.17) is 27.9 Å². The standard InChI is InChI=1S/C23H16Cl2FNO/c1-15-2-6-18(7-3-15)19(13-27)10-17-11-21(24)23(22(25)12-17)28-14-16-4-8-20(26)9-5-16/h2-12H,14H2,1H3/b19-10-. The second-order valence-electron chi connectivity index (χ2n) is 6.26. The molecule has 0 aliphatic heterocycles. The van der Waals surface area contributed by atoms with Gasteiger partial charge in [0.2, 0.25) is 0 Å². The molecule has 0 heterocycles. The molecule has 0 radical (unpaired) electrons. The van der Waals surface area contributed by atoms with Gasteiger partial charge >= 0.3 is 0 Å². The number of halogens is 3. The van der Waals surface area contributed by atoms with E-state index in [1.165, 1.54) is 12.1 Å². The van der Waals surface area contributed by atoms with Crippen LogP contribution in [-0.2, 0) is 6.61 Å². The van der Waals surface area contributed by atoms with Crippen molar-refractivity contribution in [3.05, 3.63) is 98.8 Å². The van der Waals surface area contributed by atoms with Gasteiger partial charge in [-0.2, -0.15) is 5.26 Å². The molecule has 5 heteroatoms. The van der Waals surface area contributed by atoms with Crippen LogP contribution in [0.25, 0.3) is 11.6 Å². The molecule has 3 rings (SSSR count). The zero-order chi connectivity index (χ0) is 20.1. The summed E-state index contributed by atoms with van der Waals surface area (Å²) in [7, 11) is 0. The van der Waals surface area contributed by atoms with Crippen LogP contribution in [0.3, 0.4) is 0 Å². The predicted molar refractivity (Wildman–Crippen MR) is 112 cm³/mol. The third-order valence-electron chi connectivity index (χ3n) is 4.11. The van der Waals surface area contributed by atoms with E-state index in [-0.39, 0.29) is 12.4 Å². The average Bonchev–Trinajstić information content (AvgIpc) is 2.67. The summed E-state index contributed by atoms with van der Waals surface area (Å²) >= 11 is 12.7. The van der Waals surface area contributed by atoms with Crippen LogP contribution in [0, 0.1) is 24.1 Å². The first-order valence-corrected chi connectivity index (χ1v) is 9.27. The van der Waals surface area contributed by atoms with E-state index in [9.17, 15) is 9.65 Å². The summed E-state index contributed by atoms with van der Waals surface area (Å²) in [4.78, 5) is 0. The highest BCUT2D eigenvalue weighted by Crippen LogP contribution is 2.36. The van der Waals surface area contributed by atoms with Crippen molar-refractivity contribution in [2.45, 2.75) is 13.5 Å². The Morgan fingerprint density at radius 3 is 2.21 bits per heavy atom. The van der Waals surface area contributed by atoms with Crippen LogP contribution in [0.1, 0.15) is 22.3 Å². The first-order valence-electron chi connectivity index (χ1n) is 8.51. The maximum atomic E-state index is 13.0. The van der Waals surface area contributed by atoms with Crippen LogP contribution in [0.15, 0.2) is 60.7 Å². The fourth-order valence-electron chi connectivity index (χ4n) is 2.62. The lowest BCUT2D eigenvalue weighted by atomic mass is 10.0. The van der Waals surface area contributed by atoms with E-state index in [0.29, 0.717) is 26.9 Å². The van der Waals surface area contributed by atoms with Gasteiger partial charge in [0.05, 0.1) is 21.7 Å². The number of allylic oxidation sites excluding steroid dienone is 1. The molecule has 0 unspecified atom stereocenters. The number of benzene rings is 3. The second-order valence-corrected chi connectivity index (χ2v) is 7.08. The van der Waals surface area contributed by atoms with Gasteiger partial charge in [0.15, 0.2) is 5.75 Å². The Morgan fingerprint density at radius 1 is 1.04 bits per heavy atom. The molecule has 0 saturated carbocycles. The van der Waals surface area contributed by atoms with E-state index in [2.05, 4.69) is 6.07 Å². The molecule has 0 N–H and O–H groups in total. The van der Waals surface area contributed by atoms with E-state index in [1.807, 2.05) is 31.2 Å². The molecule has 3 aromatic rings. The molecule has 0 spiro atoms. The van der Waals surface area contributed by atoms with Crippen molar-refractivity contribution in [3.63, 3.8) is 0 Å². The lowest BCUT2D eigenvalue weighted by molar-refractivity contribution is 0.306. The van der Waals surface area contributed by atoms with Crippen LogP contribution in [0.4, 0.5) is 4.39 Å². The maximum Gasteiger partial charge on any atom is 0.157 e. The zero-order valence-corrected chi connectivity index (χ0v) is 16.6. The van der Waals surface area contributed by atoms with Crippen molar-refractivity contribution in [3.8, 4) is 11.8 Å². The van der Waals surface area contributed by atoms with Gasteiger partial charge in [-0.1, -0.05) is 65.2 Å². The van der Waals surface area contributed by atoms with E-state index < -0.39 is 0 Å². The Morgan fingerprint density at radius 2 is 1.64 bits per heavy atom. The first kappa shape index (κ1) is 19.9. The van der Waals surface area contributed by atoms with Crippen LogP contribution >= 0.6 is 23.2 Å². The summed E-state index contributed by atoms with van der Waals surface area (Å²) in [5, 5.41) is 10.2. The number of ether oxygens (including phenoxy) is 1. The molecular formula is C23H16Cl2FNO. The molecule has 0 aliphatic rings. The number of hydrogen-bond donors (Lipinski definition) is 0. The molecule has 0 aromatic heterocycles. The van der Waals surface area contributed by atoms with E-state index in [0.717, 1.165) is 16.7 Å². The van der Waals surface area contributed by atoms with Gasteiger partial charge in [-0.15, -0.1) is 0 Å². The third-order valence-corrected chi connectivity index (χ3v) is 4.67. The molecule has 2 nitrogen and oxygen atoms in total. The Hall–Kier alpha value is -2.80. The lowest BCUT2D eigenvalue weighted by Crippen LogP contribution is -1.97. The van der Waals surface area contributed by atoms with Gasteiger partial charge in [0.25, 0.3) is 0 Å². The van der Waals surface area contributed by atoms with Crippen molar-refractivity contribution >= 4 is 34.9 Å². The van der Waals surface area contributed by atoms with Gasteiger partial charge < -0.3 is 4.74 Å². The summed E-state index contributed by atoms with van der Waals surface area (Å²) in [6.07, 6.45) is 1.73. The molecule has 140 valence electrons. The van der Waals surface area contributed by atoms with Crippen LogP contribution in [0.5, 0.6) is 5.75 Å². The molecule has 28 heavy (non-hydrogen) atoms. The smallest absolute Gasteiger partial charge is 0.157 e. The third kappa shape index (κ3) is 4.92. The Bertz CT molecular complexity index is 1030. The summed E-state index contributed by atoms with van der Waals surface area (Å²) in [5.74, 6) is 0.0384. The minimum absolute atomic E-state index is 0.210. The minimum Gasteiger partial charge on any atom is -0.486 e. The number of nitriles is 1. The molecule has 0 bridgehead atoms. The van der Waals surface area contributed by atoms with Crippen LogP contribution < -0.4 is 4.74 Å². The van der Waals surface area contributed by atoms with Crippen molar-refractivity contribution in [1.82, 2.24) is 0 Å². The lowest BCUT2D eigenvalue weighted by Gasteiger charge is -2.11. The van der Waals surface area contributed by atoms with Gasteiger partial charge in [0.1, 0.15) is 12.4 Å². The quantitative estimate of drug-likeness (QED) is 0.331. The summed E-state index contributed by atoms with van der Waals surface area (Å²) in [5.41, 5.74) is 3.93. The molecule has 3 aromatic carbocycles. The predicted octanol–water partition coefficient (Wildman–Crippen LogP) is 7.08. The number of rotatable bonds is 5. The fraction of sp³-hybridized carbons (Fsp3) is 0.0870. The summed E-state index contributed by atoms with van der Waals surface area (Å²) in [6, 6.07) is 19.3. The summed E-state index contributed by atoms with van der Waals surface area (Å²) in [6.45, 7) is 2.20. The van der Waals surface area contributed by atoms with Gasteiger partial charge in [-0.05, 0) is 54.0 Å². The fourth-order valence-corrected chi connectivity index (χ4v) is 3.23. The summed E-state index contributed by atoms with van der Waals surface area (Å²) < 4.78 is 18.7. The topological polar surface area (TPSA) is 33.0 Å². The van der Waals surface area contributed by atoms with Crippen molar-refractivity contribution in [2.75, 3.05) is 0 Å². The van der Waals surface area contributed by atoms with Crippen molar-refractivity contribution in [1.29, 1.82) is 5.26 Å². The highest BCUT2D eigenvalue weighted by molar-refractivity contribution is 6.37. The zero-order valence-electron chi connectivity index (χ0n) is 15.0. The number of aryl methyl sites for hydroxylation is 1. The van der Waals surface area contributed by atoms with Crippen LogP contribution in [0.2, 0.25) is 10.0 Å². The van der Waals surface area contributed by atoms with Crippen LogP contribution in [-0.4, -0.2) is 0 Å². The molecule has 0 atom stereocenters. The molecule has 0 saturated heterocycles. The Labute approximate surface area is 173 Å². The van der Waals surface area contributed by atoms with Gasteiger partial charge in [-0.3, -0.25) is 0 Å². The SMILES string of the molecule is Cc1ccc(/C(C#N)=C\c2cc(Cl)c(OCc3ccc(F)cc3)c(Cl)c2)cc1. The average molecular weight is 412 g/mol. The molecular weight excluding hydrogens is 396 g/mol. The van der Waals surface area contributed by atoms with E-state index >= 15 is 0 Å². The largest absolute Gasteiger partial charge is 0.486 e. The van der Waals surface area contributed by atoms with Gasteiger partial charge in [0, 0.05) is 0 Å². The monoisotopic (exact) mass is 411 g/mol. The number of nitrogens with zero attached hydrogens (tertiary/aromatic N) is 1. The minimum atomic E-state index is -0.308. The first-order chi connectivity index (χ1) is 13.5. The number of hydrogen-bond acceptors (Lipinski definition) is 2. The normalized spacial score (nSPS) is 11.2. The Kier molecular flexibility index (Phi) is 6.36. The molecule has 0 aliphatic carbocycles. The van der Waals surface area contributed by atoms with Gasteiger partial charge in [-0.25, -0.2) is 4.39 Å². The highest BCUT2D eigenvalue weighted by Gasteiger charge is 2.11. The van der Waals surface area contributed by atoms with E-state index in [1.54, 1.807) is 30.3 Å².